The minimum atomic E-state index is -0.00546. The molecule has 0 spiro atoms. The van der Waals surface area contributed by atoms with E-state index in [1.807, 2.05) is 0 Å². The Morgan fingerprint density at radius 3 is 2.43 bits per heavy atom. The van der Waals surface area contributed by atoms with E-state index in [9.17, 15) is 4.79 Å². The minimum absolute atomic E-state index is 0.00546. The van der Waals surface area contributed by atoms with Crippen LogP contribution in [-0.2, 0) is 16.1 Å². The van der Waals surface area contributed by atoms with Gasteiger partial charge < -0.3 is 9.47 Å². The summed E-state index contributed by atoms with van der Waals surface area (Å²) >= 11 is 0. The molecule has 0 bridgehead atoms. The maximum absolute atomic E-state index is 12.0. The van der Waals surface area contributed by atoms with Gasteiger partial charge in [0, 0.05) is 19.6 Å². The second-order valence-corrected chi connectivity index (χ2v) is 11.8. The second kappa shape index (κ2) is 10.9. The lowest BCUT2D eigenvalue weighted by Gasteiger charge is -2.45. The van der Waals surface area contributed by atoms with Gasteiger partial charge in [-0.05, 0) is 96.7 Å². The molecule has 5 rings (SSSR count). The number of benzene rings is 2. The highest BCUT2D eigenvalue weighted by molar-refractivity contribution is 5.84. The highest BCUT2D eigenvalue weighted by Crippen LogP contribution is 2.39. The first kappa shape index (κ1) is 24.6. The molecule has 2 saturated carbocycles. The van der Waals surface area contributed by atoms with Crippen molar-refractivity contribution in [3.8, 4) is 5.75 Å². The first-order valence-corrected chi connectivity index (χ1v) is 14.0. The summed E-state index contributed by atoms with van der Waals surface area (Å²) in [4.78, 5) is 14.5. The highest BCUT2D eigenvalue weighted by Gasteiger charge is 2.38. The Balaban J connectivity index is 1.12. The maximum Gasteiger partial charge on any atom is 0.308 e. The molecular weight excluding hydrogens is 434 g/mol. The Bertz CT molecular complexity index is 1000. The predicted molar refractivity (Wildman–Crippen MR) is 141 cm³/mol. The van der Waals surface area contributed by atoms with Gasteiger partial charge in [0.2, 0.25) is 0 Å². The molecule has 2 aromatic rings. The van der Waals surface area contributed by atoms with E-state index in [-0.39, 0.29) is 11.9 Å². The molecule has 0 radical (unpaired) electrons. The van der Waals surface area contributed by atoms with Gasteiger partial charge in [-0.2, -0.15) is 0 Å². The quantitative estimate of drug-likeness (QED) is 0.409. The predicted octanol–water partition coefficient (Wildman–Crippen LogP) is 6.84. The highest BCUT2D eigenvalue weighted by atomic mass is 16.5. The van der Waals surface area contributed by atoms with Crippen molar-refractivity contribution in [1.82, 2.24) is 4.90 Å². The van der Waals surface area contributed by atoms with Crippen molar-refractivity contribution in [3.05, 3.63) is 42.0 Å². The lowest BCUT2D eigenvalue weighted by Crippen LogP contribution is -2.50. The standard InChI is InChI=1S/C31H43NO3/c1-21(2)23-9-12-29(13-10-23)35-30-14-11-25-15-22(7-8-26(25)17-30)18-32-19-28(20-32)24-5-4-6-27(16-24)31(33)34-3/h7-8,11,14-15,17,21,23-24,27-29H,4-6,9-10,12-13,16,18-20H2,1-3H3/t23-,24?,27?,29+. The van der Waals surface area contributed by atoms with Crippen molar-refractivity contribution in [3.63, 3.8) is 0 Å². The number of ether oxygens (including phenoxy) is 2. The van der Waals surface area contributed by atoms with Gasteiger partial charge in [-0.15, -0.1) is 0 Å². The Labute approximate surface area is 211 Å². The van der Waals surface area contributed by atoms with Crippen molar-refractivity contribution >= 4 is 16.7 Å². The lowest BCUT2D eigenvalue weighted by molar-refractivity contribution is -0.147. The summed E-state index contributed by atoms with van der Waals surface area (Å²) in [6, 6.07) is 13.5. The van der Waals surface area contributed by atoms with Crippen molar-refractivity contribution in [2.45, 2.75) is 77.9 Å². The first-order valence-electron chi connectivity index (χ1n) is 14.0. The molecule has 2 aromatic carbocycles. The number of likely N-dealkylation sites (tertiary alicyclic amines) is 1. The van der Waals surface area contributed by atoms with E-state index < -0.39 is 0 Å². The first-order chi connectivity index (χ1) is 17.0. The van der Waals surface area contributed by atoms with Crippen molar-refractivity contribution in [1.29, 1.82) is 0 Å². The van der Waals surface area contributed by atoms with Gasteiger partial charge >= 0.3 is 5.97 Å². The molecule has 1 saturated heterocycles. The van der Waals surface area contributed by atoms with Gasteiger partial charge in [-0.3, -0.25) is 9.69 Å². The van der Waals surface area contributed by atoms with E-state index in [0.29, 0.717) is 12.0 Å². The van der Waals surface area contributed by atoms with Gasteiger partial charge in [0.25, 0.3) is 0 Å². The summed E-state index contributed by atoms with van der Waals surface area (Å²) in [6.45, 7) is 8.02. The topological polar surface area (TPSA) is 38.8 Å². The molecule has 2 unspecified atom stereocenters. The van der Waals surface area contributed by atoms with Gasteiger partial charge in [-0.1, -0.05) is 44.9 Å². The van der Waals surface area contributed by atoms with Crippen LogP contribution in [-0.4, -0.2) is 37.2 Å². The SMILES string of the molecule is COC(=O)C1CCCC(C2CN(Cc3ccc4cc(O[C@H]5CC[C@@H](C(C)C)CC5)ccc4c3)C2)C1. The van der Waals surface area contributed by atoms with Crippen LogP contribution in [0.2, 0.25) is 0 Å². The molecule has 3 aliphatic rings. The van der Waals surface area contributed by atoms with E-state index in [1.165, 1.54) is 55.5 Å². The maximum atomic E-state index is 12.0. The smallest absolute Gasteiger partial charge is 0.308 e. The van der Waals surface area contributed by atoms with E-state index in [4.69, 9.17) is 9.47 Å². The molecule has 190 valence electrons. The summed E-state index contributed by atoms with van der Waals surface area (Å²) < 4.78 is 11.4. The molecule has 2 atom stereocenters. The number of carbonyl (C=O) groups excluding carboxylic acids is 1. The van der Waals surface area contributed by atoms with Crippen LogP contribution in [0.3, 0.4) is 0 Å². The summed E-state index contributed by atoms with van der Waals surface area (Å²) in [6.07, 6.45) is 9.78. The summed E-state index contributed by atoms with van der Waals surface area (Å²) in [5, 5.41) is 2.56. The number of esters is 1. The zero-order valence-electron chi connectivity index (χ0n) is 21.9. The Morgan fingerprint density at radius 1 is 0.943 bits per heavy atom. The van der Waals surface area contributed by atoms with Crippen molar-refractivity contribution < 1.29 is 14.3 Å². The van der Waals surface area contributed by atoms with E-state index in [1.54, 1.807) is 0 Å². The van der Waals surface area contributed by atoms with Crippen LogP contribution in [0.5, 0.6) is 5.75 Å². The molecule has 35 heavy (non-hydrogen) atoms. The molecule has 4 nitrogen and oxygen atoms in total. The number of hydrogen-bond acceptors (Lipinski definition) is 4. The van der Waals surface area contributed by atoms with E-state index in [0.717, 1.165) is 62.4 Å². The normalized spacial score (nSPS) is 28.1. The van der Waals surface area contributed by atoms with Crippen LogP contribution in [0.1, 0.15) is 70.8 Å². The number of hydrogen-bond donors (Lipinski definition) is 0. The summed E-state index contributed by atoms with van der Waals surface area (Å²) in [5.41, 5.74) is 1.38. The average Bonchev–Trinajstić information content (AvgIpc) is 2.86. The number of fused-ring (bicyclic) bond motifs is 1. The third-order valence-electron chi connectivity index (χ3n) is 9.15. The fourth-order valence-corrected chi connectivity index (χ4v) is 6.84. The average molecular weight is 478 g/mol. The second-order valence-electron chi connectivity index (χ2n) is 11.8. The van der Waals surface area contributed by atoms with Gasteiger partial charge in [-0.25, -0.2) is 0 Å². The lowest BCUT2D eigenvalue weighted by atomic mass is 9.72. The van der Waals surface area contributed by atoms with Crippen molar-refractivity contribution in [2.75, 3.05) is 20.2 Å². The van der Waals surface area contributed by atoms with Crippen molar-refractivity contribution in [2.24, 2.45) is 29.6 Å². The number of methoxy groups -OCH3 is 1. The third kappa shape index (κ3) is 5.85. The zero-order chi connectivity index (χ0) is 24.4. The third-order valence-corrected chi connectivity index (χ3v) is 9.15. The largest absolute Gasteiger partial charge is 0.490 e. The molecule has 4 heteroatoms. The summed E-state index contributed by atoms with van der Waals surface area (Å²) in [5.74, 6) is 4.20. The number of rotatable bonds is 7. The molecule has 0 N–H and O–H groups in total. The van der Waals surface area contributed by atoms with Crippen LogP contribution >= 0.6 is 0 Å². The van der Waals surface area contributed by atoms with Crippen LogP contribution < -0.4 is 4.74 Å². The van der Waals surface area contributed by atoms with Crippen LogP contribution in [0.25, 0.3) is 10.8 Å². The van der Waals surface area contributed by atoms with Gasteiger partial charge in [0.15, 0.2) is 0 Å². The van der Waals surface area contributed by atoms with E-state index >= 15 is 0 Å². The van der Waals surface area contributed by atoms with Gasteiger partial charge in [0.05, 0.1) is 19.1 Å². The van der Waals surface area contributed by atoms with Crippen LogP contribution in [0.15, 0.2) is 36.4 Å². The molecular formula is C31H43NO3. The van der Waals surface area contributed by atoms with E-state index in [2.05, 4.69) is 55.1 Å². The van der Waals surface area contributed by atoms with Gasteiger partial charge in [0.1, 0.15) is 5.75 Å². The molecule has 1 aliphatic heterocycles. The molecule has 1 heterocycles. The molecule has 0 amide bonds. The Kier molecular flexibility index (Phi) is 7.67. The molecule has 3 fully saturated rings. The number of carbonyl (C=O) groups is 1. The monoisotopic (exact) mass is 477 g/mol. The zero-order valence-corrected chi connectivity index (χ0v) is 21.9. The Morgan fingerprint density at radius 2 is 1.69 bits per heavy atom. The minimum Gasteiger partial charge on any atom is -0.490 e. The number of nitrogens with zero attached hydrogens (tertiary/aromatic N) is 1. The van der Waals surface area contributed by atoms with Crippen LogP contribution in [0.4, 0.5) is 0 Å². The molecule has 2 aliphatic carbocycles. The Hall–Kier alpha value is -2.07. The fraction of sp³-hybridized carbons (Fsp3) is 0.645. The van der Waals surface area contributed by atoms with Crippen LogP contribution in [0, 0.1) is 29.6 Å². The molecule has 0 aromatic heterocycles. The summed E-state index contributed by atoms with van der Waals surface area (Å²) in [7, 11) is 1.52. The fourth-order valence-electron chi connectivity index (χ4n) is 6.84.